The Balaban J connectivity index is 0.00000289. The van der Waals surface area contributed by atoms with Gasteiger partial charge in [-0.25, -0.2) is 0 Å². The number of aliphatic hydroxyl groups excluding tert-OH is 1. The second-order valence-electron chi connectivity index (χ2n) is 8.49. The molecule has 1 fully saturated rings. The van der Waals surface area contributed by atoms with Crippen LogP contribution in [0.1, 0.15) is 29.5 Å². The fourth-order valence-corrected chi connectivity index (χ4v) is 4.79. The zero-order valence-electron chi connectivity index (χ0n) is 17.7. The first-order valence-corrected chi connectivity index (χ1v) is 10.7. The number of rotatable bonds is 6. The highest BCUT2D eigenvalue weighted by Gasteiger charge is 2.41. The third kappa shape index (κ3) is 5.42. The van der Waals surface area contributed by atoms with E-state index in [4.69, 9.17) is 0 Å². The van der Waals surface area contributed by atoms with Gasteiger partial charge in [-0.1, -0.05) is 66.7 Å². The number of likely N-dealkylation sites (tertiary alicyclic amines) is 1. The second-order valence-corrected chi connectivity index (χ2v) is 8.49. The maximum atomic E-state index is 12.9. The lowest BCUT2D eigenvalue weighted by Gasteiger charge is -2.40. The summed E-state index contributed by atoms with van der Waals surface area (Å²) >= 11 is 0. The molecule has 0 aliphatic carbocycles. The van der Waals surface area contributed by atoms with Crippen LogP contribution in [-0.2, 0) is 19.3 Å². The molecule has 6 heteroatoms. The molecule has 1 aliphatic heterocycles. The molecule has 0 amide bonds. The van der Waals surface area contributed by atoms with E-state index in [1.807, 2.05) is 18.2 Å². The minimum atomic E-state index is -4.33. The van der Waals surface area contributed by atoms with Gasteiger partial charge in [0.1, 0.15) is 19.1 Å². The van der Waals surface area contributed by atoms with Crippen LogP contribution < -0.4 is 17.0 Å². The molecule has 1 saturated heterocycles. The molecule has 0 saturated carbocycles. The molecule has 3 aromatic rings. The molecule has 1 aliphatic rings. The van der Waals surface area contributed by atoms with Crippen molar-refractivity contribution in [1.29, 1.82) is 0 Å². The Hall–Kier alpha value is -2.15. The van der Waals surface area contributed by atoms with Crippen LogP contribution >= 0.6 is 0 Å². The predicted molar refractivity (Wildman–Crippen MR) is 116 cm³/mol. The summed E-state index contributed by atoms with van der Waals surface area (Å²) in [5.74, 6) is 0. The highest BCUT2D eigenvalue weighted by Crippen LogP contribution is 2.34. The SMILES string of the molecule is OC[C@@H]1CCC[N+]1(Cc1ccc(-c2ccccc2)cc1)Cc1ccc(C(F)(F)F)cc1.[Br-]. The van der Waals surface area contributed by atoms with Crippen molar-refractivity contribution in [3.63, 3.8) is 0 Å². The minimum absolute atomic E-state index is 0. The molecule has 2 atom stereocenters. The number of alkyl halides is 3. The van der Waals surface area contributed by atoms with Crippen LogP contribution in [0.2, 0.25) is 0 Å². The third-order valence-corrected chi connectivity index (χ3v) is 6.46. The first-order valence-electron chi connectivity index (χ1n) is 10.7. The highest BCUT2D eigenvalue weighted by atomic mass is 79.9. The second kappa shape index (κ2) is 10.2. The average Bonchev–Trinajstić information content (AvgIpc) is 3.16. The summed E-state index contributed by atoms with van der Waals surface area (Å²) < 4.78 is 39.4. The quantitative estimate of drug-likeness (QED) is 0.510. The number of hydrogen-bond donors (Lipinski definition) is 1. The van der Waals surface area contributed by atoms with Gasteiger partial charge in [0.25, 0.3) is 0 Å². The maximum Gasteiger partial charge on any atom is 0.416 e. The molecule has 1 N–H and O–H groups in total. The van der Waals surface area contributed by atoms with Crippen LogP contribution in [0.5, 0.6) is 0 Å². The van der Waals surface area contributed by atoms with E-state index in [2.05, 4.69) is 36.4 Å². The van der Waals surface area contributed by atoms with Gasteiger partial charge in [-0.2, -0.15) is 13.2 Å². The van der Waals surface area contributed by atoms with Gasteiger partial charge in [0, 0.05) is 24.0 Å². The Morgan fingerprint density at radius 2 is 1.31 bits per heavy atom. The monoisotopic (exact) mass is 505 g/mol. The van der Waals surface area contributed by atoms with Gasteiger partial charge in [0.15, 0.2) is 0 Å². The van der Waals surface area contributed by atoms with Gasteiger partial charge < -0.3 is 26.6 Å². The summed E-state index contributed by atoms with van der Waals surface area (Å²) in [5, 5.41) is 10.0. The van der Waals surface area contributed by atoms with E-state index in [0.717, 1.165) is 54.8 Å². The van der Waals surface area contributed by atoms with Gasteiger partial charge in [-0.3, -0.25) is 0 Å². The lowest BCUT2D eigenvalue weighted by molar-refractivity contribution is -0.964. The summed E-state index contributed by atoms with van der Waals surface area (Å²) in [6, 6.07) is 24.2. The van der Waals surface area contributed by atoms with Crippen LogP contribution in [-0.4, -0.2) is 28.8 Å². The van der Waals surface area contributed by atoms with Crippen molar-refractivity contribution in [3.05, 3.63) is 95.6 Å². The zero-order chi connectivity index (χ0) is 21.9. The summed E-state index contributed by atoms with van der Waals surface area (Å²) in [7, 11) is 0. The summed E-state index contributed by atoms with van der Waals surface area (Å²) in [6.45, 7) is 2.36. The standard InChI is InChI=1S/C26H27F3NO.BrH/c27-26(28,29)24-14-10-21(11-15-24)18-30(16-4-7-25(30)19-31)17-20-8-12-23(13-9-20)22-5-2-1-3-6-22;/h1-3,5-6,8-15,25,31H,4,7,16-19H2;1H/q+1;/p-1/t25-,30?;/m0./s1. The fraction of sp³-hybridized carbons (Fsp3) is 0.308. The van der Waals surface area contributed by atoms with Crippen molar-refractivity contribution in [3.8, 4) is 11.1 Å². The van der Waals surface area contributed by atoms with Gasteiger partial charge in [-0.05, 0) is 23.3 Å². The molecular weight excluding hydrogens is 479 g/mol. The largest absolute Gasteiger partial charge is 1.00 e. The Morgan fingerprint density at radius 3 is 1.84 bits per heavy atom. The van der Waals surface area contributed by atoms with Crippen molar-refractivity contribution in [1.82, 2.24) is 0 Å². The van der Waals surface area contributed by atoms with Crippen LogP contribution in [0.3, 0.4) is 0 Å². The molecule has 0 spiro atoms. The number of benzene rings is 3. The number of hydrogen-bond acceptors (Lipinski definition) is 1. The van der Waals surface area contributed by atoms with Gasteiger partial charge in [0.05, 0.1) is 18.7 Å². The van der Waals surface area contributed by atoms with Crippen molar-refractivity contribution in [2.24, 2.45) is 0 Å². The smallest absolute Gasteiger partial charge is 0.416 e. The Labute approximate surface area is 197 Å². The van der Waals surface area contributed by atoms with Crippen molar-refractivity contribution < 1.29 is 39.7 Å². The minimum Gasteiger partial charge on any atom is -1.00 e. The maximum absolute atomic E-state index is 12.9. The zero-order valence-corrected chi connectivity index (χ0v) is 19.3. The Morgan fingerprint density at radius 1 is 0.781 bits per heavy atom. The van der Waals surface area contributed by atoms with E-state index in [9.17, 15) is 18.3 Å². The molecule has 32 heavy (non-hydrogen) atoms. The Bertz CT molecular complexity index is 990. The first-order chi connectivity index (χ1) is 14.9. The first kappa shape index (κ1) is 24.5. The lowest BCUT2D eigenvalue weighted by atomic mass is 10.0. The molecule has 170 valence electrons. The van der Waals surface area contributed by atoms with Crippen LogP contribution in [0.25, 0.3) is 11.1 Å². The van der Waals surface area contributed by atoms with Crippen molar-refractivity contribution >= 4 is 0 Å². The molecule has 0 aromatic heterocycles. The number of quaternary nitrogens is 1. The van der Waals surface area contributed by atoms with E-state index in [0.29, 0.717) is 11.0 Å². The third-order valence-electron chi connectivity index (χ3n) is 6.46. The predicted octanol–water partition coefficient (Wildman–Crippen LogP) is 3.05. The van der Waals surface area contributed by atoms with E-state index < -0.39 is 11.7 Å². The molecular formula is C26H27BrF3NO. The number of aliphatic hydroxyl groups is 1. The van der Waals surface area contributed by atoms with Crippen molar-refractivity contribution in [2.75, 3.05) is 13.2 Å². The average molecular weight is 506 g/mol. The van der Waals surface area contributed by atoms with E-state index in [-0.39, 0.29) is 29.6 Å². The number of halogens is 4. The molecule has 2 nitrogen and oxygen atoms in total. The molecule has 3 aromatic carbocycles. The van der Waals surface area contributed by atoms with Gasteiger partial charge in [-0.15, -0.1) is 0 Å². The van der Waals surface area contributed by atoms with E-state index in [1.54, 1.807) is 12.1 Å². The highest BCUT2D eigenvalue weighted by molar-refractivity contribution is 5.63. The van der Waals surface area contributed by atoms with Crippen LogP contribution in [0.15, 0.2) is 78.9 Å². The molecule has 0 bridgehead atoms. The van der Waals surface area contributed by atoms with Gasteiger partial charge in [0.2, 0.25) is 0 Å². The van der Waals surface area contributed by atoms with Crippen LogP contribution in [0.4, 0.5) is 13.2 Å². The topological polar surface area (TPSA) is 20.2 Å². The lowest BCUT2D eigenvalue weighted by Crippen LogP contribution is -3.00. The van der Waals surface area contributed by atoms with Gasteiger partial charge >= 0.3 is 6.18 Å². The fourth-order valence-electron chi connectivity index (χ4n) is 4.79. The van der Waals surface area contributed by atoms with E-state index in [1.165, 1.54) is 5.56 Å². The summed E-state index contributed by atoms with van der Waals surface area (Å²) in [4.78, 5) is 0. The number of nitrogens with zero attached hydrogens (tertiary/aromatic N) is 1. The molecule has 1 heterocycles. The molecule has 4 rings (SSSR count). The van der Waals surface area contributed by atoms with Crippen LogP contribution in [0, 0.1) is 0 Å². The normalized spacial score (nSPS) is 20.7. The summed E-state index contributed by atoms with van der Waals surface area (Å²) in [5.41, 5.74) is 3.73. The molecule has 1 unspecified atom stereocenters. The molecule has 0 radical (unpaired) electrons. The Kier molecular flexibility index (Phi) is 7.80. The van der Waals surface area contributed by atoms with Crippen molar-refractivity contribution in [2.45, 2.75) is 38.1 Å². The summed E-state index contributed by atoms with van der Waals surface area (Å²) in [6.07, 6.45) is -2.39. The van der Waals surface area contributed by atoms with E-state index >= 15 is 0 Å².